The maximum absolute atomic E-state index is 11.9. The number of anilines is 1. The lowest BCUT2D eigenvalue weighted by atomic mass is 9.99. The molecule has 0 radical (unpaired) electrons. The van der Waals surface area contributed by atoms with Crippen molar-refractivity contribution in [2.24, 2.45) is 11.7 Å². The number of rotatable bonds is 4. The van der Waals surface area contributed by atoms with Crippen molar-refractivity contribution in [1.82, 2.24) is 0 Å². The Labute approximate surface area is 107 Å². The van der Waals surface area contributed by atoms with Crippen LogP contribution < -0.4 is 11.1 Å². The van der Waals surface area contributed by atoms with E-state index >= 15 is 0 Å². The first kappa shape index (κ1) is 14.0. The minimum Gasteiger partial charge on any atom is -0.323 e. The molecule has 1 aromatic rings. The lowest BCUT2D eigenvalue weighted by Crippen LogP contribution is -2.40. The molecule has 0 aromatic heterocycles. The molecule has 0 saturated heterocycles. The van der Waals surface area contributed by atoms with Crippen molar-refractivity contribution in [2.75, 3.05) is 5.32 Å². The number of para-hydroxylation sites is 1. The molecule has 1 rings (SSSR count). The van der Waals surface area contributed by atoms with E-state index in [2.05, 4.69) is 5.32 Å². The van der Waals surface area contributed by atoms with E-state index < -0.39 is 6.04 Å². The number of carbonyl (C=O) groups excluding carboxylic acids is 1. The molecule has 0 aliphatic rings. The van der Waals surface area contributed by atoms with Gasteiger partial charge < -0.3 is 11.1 Å². The first-order valence-electron chi connectivity index (χ1n) is 5.79. The van der Waals surface area contributed by atoms with E-state index in [1.165, 1.54) is 0 Å². The van der Waals surface area contributed by atoms with Crippen LogP contribution in [0.5, 0.6) is 0 Å². The fourth-order valence-corrected chi connectivity index (χ4v) is 1.78. The van der Waals surface area contributed by atoms with Crippen LogP contribution in [0.1, 0.15) is 25.8 Å². The zero-order valence-corrected chi connectivity index (χ0v) is 11.2. The number of nitrogens with two attached hydrogens (primary N) is 1. The predicted octanol–water partition coefficient (Wildman–Crippen LogP) is 2.96. The van der Waals surface area contributed by atoms with Gasteiger partial charge in [-0.15, -0.1) is 0 Å². The Balaban J connectivity index is 2.81. The lowest BCUT2D eigenvalue weighted by molar-refractivity contribution is -0.118. The van der Waals surface area contributed by atoms with Gasteiger partial charge in [0.1, 0.15) is 0 Å². The second kappa shape index (κ2) is 6.03. The highest BCUT2D eigenvalue weighted by atomic mass is 35.5. The molecule has 1 aromatic carbocycles. The quantitative estimate of drug-likeness (QED) is 0.868. The second-order valence-corrected chi connectivity index (χ2v) is 4.74. The smallest absolute Gasteiger partial charge is 0.241 e. The molecule has 0 aliphatic heterocycles. The minimum absolute atomic E-state index is 0.151. The number of halogens is 1. The molecular weight excluding hydrogens is 236 g/mol. The van der Waals surface area contributed by atoms with Crippen LogP contribution in [0.3, 0.4) is 0 Å². The van der Waals surface area contributed by atoms with E-state index in [0.29, 0.717) is 10.7 Å². The Morgan fingerprint density at radius 3 is 2.71 bits per heavy atom. The van der Waals surface area contributed by atoms with Crippen molar-refractivity contribution in [2.45, 2.75) is 33.2 Å². The number of hydrogen-bond acceptors (Lipinski definition) is 2. The molecule has 2 atom stereocenters. The highest BCUT2D eigenvalue weighted by Crippen LogP contribution is 2.25. The molecule has 4 heteroatoms. The van der Waals surface area contributed by atoms with E-state index in [1.54, 1.807) is 6.07 Å². The summed E-state index contributed by atoms with van der Waals surface area (Å²) in [6, 6.07) is 4.99. The number of hydrogen-bond donors (Lipinski definition) is 2. The van der Waals surface area contributed by atoms with Crippen molar-refractivity contribution in [3.8, 4) is 0 Å². The Morgan fingerprint density at radius 1 is 1.53 bits per heavy atom. The summed E-state index contributed by atoms with van der Waals surface area (Å²) >= 11 is 6.04. The Bertz CT molecular complexity index is 386. The Morgan fingerprint density at radius 2 is 2.18 bits per heavy atom. The van der Waals surface area contributed by atoms with E-state index in [0.717, 1.165) is 12.0 Å². The molecule has 0 heterocycles. The van der Waals surface area contributed by atoms with Crippen molar-refractivity contribution in [3.05, 3.63) is 28.8 Å². The first-order valence-corrected chi connectivity index (χ1v) is 6.16. The molecule has 0 spiro atoms. The van der Waals surface area contributed by atoms with Gasteiger partial charge in [0.05, 0.1) is 16.8 Å². The van der Waals surface area contributed by atoms with Crippen molar-refractivity contribution in [3.63, 3.8) is 0 Å². The van der Waals surface area contributed by atoms with Gasteiger partial charge in [-0.3, -0.25) is 4.79 Å². The molecule has 94 valence electrons. The van der Waals surface area contributed by atoms with Crippen LogP contribution in [0.4, 0.5) is 5.69 Å². The summed E-state index contributed by atoms with van der Waals surface area (Å²) < 4.78 is 0. The Hall–Kier alpha value is -1.06. The standard InChI is InChI=1S/C13H19ClN2O/c1-4-8(2)11(15)13(17)16-12-9(3)6-5-7-10(12)14/h5-8,11H,4,15H2,1-3H3,(H,16,17)/t8?,11-/m0/s1. The van der Waals surface area contributed by atoms with Gasteiger partial charge in [0, 0.05) is 0 Å². The van der Waals surface area contributed by atoms with Gasteiger partial charge >= 0.3 is 0 Å². The van der Waals surface area contributed by atoms with Gasteiger partial charge in [0.2, 0.25) is 5.91 Å². The van der Waals surface area contributed by atoms with Crippen molar-refractivity contribution in [1.29, 1.82) is 0 Å². The SMILES string of the molecule is CCC(C)[C@H](N)C(=O)Nc1c(C)cccc1Cl. The maximum Gasteiger partial charge on any atom is 0.241 e. The number of carbonyl (C=O) groups is 1. The fraction of sp³-hybridized carbons (Fsp3) is 0.462. The normalized spacial score (nSPS) is 14.2. The highest BCUT2D eigenvalue weighted by molar-refractivity contribution is 6.34. The maximum atomic E-state index is 11.9. The van der Waals surface area contributed by atoms with Crippen LogP contribution in [0.25, 0.3) is 0 Å². The molecule has 1 amide bonds. The van der Waals surface area contributed by atoms with Crippen molar-refractivity contribution >= 4 is 23.2 Å². The average molecular weight is 255 g/mol. The van der Waals surface area contributed by atoms with Gasteiger partial charge in [-0.2, -0.15) is 0 Å². The van der Waals surface area contributed by atoms with Crippen LogP contribution in [0.15, 0.2) is 18.2 Å². The topological polar surface area (TPSA) is 55.1 Å². The first-order chi connectivity index (χ1) is 7.97. The fourth-order valence-electron chi connectivity index (χ4n) is 1.51. The third kappa shape index (κ3) is 3.45. The van der Waals surface area contributed by atoms with Gasteiger partial charge in [0.25, 0.3) is 0 Å². The summed E-state index contributed by atoms with van der Waals surface area (Å²) in [6.07, 6.45) is 0.871. The zero-order valence-electron chi connectivity index (χ0n) is 10.5. The third-order valence-corrected chi connectivity index (χ3v) is 3.34. The average Bonchev–Trinajstić information content (AvgIpc) is 2.31. The van der Waals surface area contributed by atoms with Gasteiger partial charge in [-0.1, -0.05) is 44.0 Å². The van der Waals surface area contributed by atoms with Crippen LogP contribution in [0.2, 0.25) is 5.02 Å². The van der Waals surface area contributed by atoms with Gasteiger partial charge in [-0.05, 0) is 24.5 Å². The molecule has 17 heavy (non-hydrogen) atoms. The predicted molar refractivity (Wildman–Crippen MR) is 72.2 cm³/mol. The molecular formula is C13H19ClN2O. The summed E-state index contributed by atoms with van der Waals surface area (Å²) in [4.78, 5) is 11.9. The van der Waals surface area contributed by atoms with Gasteiger partial charge in [0.15, 0.2) is 0 Å². The van der Waals surface area contributed by atoms with Gasteiger partial charge in [-0.25, -0.2) is 0 Å². The van der Waals surface area contributed by atoms with Crippen LogP contribution in [-0.4, -0.2) is 11.9 Å². The summed E-state index contributed by atoms with van der Waals surface area (Å²) in [5.74, 6) is -0.0339. The van der Waals surface area contributed by atoms with Crippen LogP contribution in [-0.2, 0) is 4.79 Å². The number of amides is 1. The summed E-state index contributed by atoms with van der Waals surface area (Å²) in [7, 11) is 0. The van der Waals surface area contributed by atoms with Crippen molar-refractivity contribution < 1.29 is 4.79 Å². The van der Waals surface area contributed by atoms with Crippen LogP contribution >= 0.6 is 11.6 Å². The highest BCUT2D eigenvalue weighted by Gasteiger charge is 2.20. The minimum atomic E-state index is -0.504. The summed E-state index contributed by atoms with van der Waals surface area (Å²) in [5.41, 5.74) is 7.45. The second-order valence-electron chi connectivity index (χ2n) is 4.33. The van der Waals surface area contributed by atoms with Crippen LogP contribution in [0, 0.1) is 12.8 Å². The molecule has 3 nitrogen and oxygen atoms in total. The molecule has 3 N–H and O–H groups in total. The summed E-state index contributed by atoms with van der Waals surface area (Å²) in [5, 5.41) is 3.33. The number of benzene rings is 1. The molecule has 0 saturated carbocycles. The largest absolute Gasteiger partial charge is 0.323 e. The lowest BCUT2D eigenvalue weighted by Gasteiger charge is -2.19. The van der Waals surface area contributed by atoms with E-state index in [1.807, 2.05) is 32.9 Å². The van der Waals surface area contributed by atoms with E-state index in [4.69, 9.17) is 17.3 Å². The molecule has 0 bridgehead atoms. The number of aryl methyl sites for hydroxylation is 1. The zero-order chi connectivity index (χ0) is 13.0. The molecule has 0 aliphatic carbocycles. The van der Waals surface area contributed by atoms with E-state index in [9.17, 15) is 4.79 Å². The monoisotopic (exact) mass is 254 g/mol. The third-order valence-electron chi connectivity index (χ3n) is 3.03. The number of nitrogens with one attached hydrogen (secondary N) is 1. The Kier molecular flexibility index (Phi) is 4.97. The molecule has 0 fully saturated rings. The summed E-state index contributed by atoms with van der Waals surface area (Å²) in [6.45, 7) is 5.87. The van der Waals surface area contributed by atoms with E-state index in [-0.39, 0.29) is 11.8 Å². The molecule has 1 unspecified atom stereocenters.